The maximum absolute atomic E-state index is 6.32. The lowest BCUT2D eigenvalue weighted by Crippen LogP contribution is -2.34. The molecule has 18 rings (SSSR count). The molecule has 12 aromatic carbocycles. The second kappa shape index (κ2) is 25.9. The van der Waals surface area contributed by atoms with E-state index in [2.05, 4.69) is 305 Å². The van der Waals surface area contributed by atoms with E-state index in [0.717, 1.165) is 72.8 Å². The second-order valence-electron chi connectivity index (χ2n) is 25.9. The highest BCUT2D eigenvalue weighted by molar-refractivity contribution is 5.86. The molecule has 12 aromatic rings. The number of ether oxygens (including phenoxy) is 5. The van der Waals surface area contributed by atoms with Gasteiger partial charge in [-0.25, -0.2) is 0 Å². The average Bonchev–Trinajstić information content (AvgIpc) is 1.56. The van der Waals surface area contributed by atoms with Gasteiger partial charge in [-0.05, 0) is 148 Å². The van der Waals surface area contributed by atoms with Crippen LogP contribution in [0.5, 0.6) is 28.7 Å². The van der Waals surface area contributed by atoms with Crippen molar-refractivity contribution in [1.82, 2.24) is 0 Å². The molecule has 10 heteroatoms. The first-order valence-electron chi connectivity index (χ1n) is 33.2. The van der Waals surface area contributed by atoms with E-state index in [1.165, 1.54) is 89.4 Å². The molecule has 5 aliphatic heterocycles. The molecule has 0 aromatic heterocycles. The van der Waals surface area contributed by atoms with Crippen LogP contribution >= 0.6 is 0 Å². The lowest BCUT2D eigenvalue weighted by atomic mass is 9.67. The minimum absolute atomic E-state index is 0.177. The van der Waals surface area contributed by atoms with E-state index in [4.69, 9.17) is 23.7 Å². The van der Waals surface area contributed by atoms with Crippen molar-refractivity contribution in [3.63, 3.8) is 0 Å². The van der Waals surface area contributed by atoms with Crippen molar-refractivity contribution < 1.29 is 23.7 Å². The van der Waals surface area contributed by atoms with Gasteiger partial charge >= 0.3 is 0 Å². The smallest absolute Gasteiger partial charge is 0.161 e. The molecule has 0 atom stereocenters. The van der Waals surface area contributed by atoms with Crippen LogP contribution in [-0.2, 0) is 43.6 Å². The maximum atomic E-state index is 6.32. The lowest BCUT2D eigenvalue weighted by Gasteiger charge is -2.37. The third-order valence-corrected chi connectivity index (χ3v) is 19.8. The summed E-state index contributed by atoms with van der Waals surface area (Å²) in [4.78, 5) is 11.3. The van der Waals surface area contributed by atoms with Crippen LogP contribution < -0.4 is 48.2 Å². The molecule has 5 heterocycles. The molecule has 0 saturated heterocycles. The van der Waals surface area contributed by atoms with Crippen LogP contribution in [0, 0.1) is 0 Å². The molecular formula is C86H75N5O5. The number of benzene rings is 12. The predicted molar refractivity (Wildman–Crippen MR) is 386 cm³/mol. The standard InChI is InChI=1S/C41H32N2O2.C31H30N2O2.C14H13NO/c1-3-11-33(12-4-1)42-25-29-23-31(19-21-39(29)44-27-42)41(37-17-9-7-15-35(37)36-16-8-10-18-38(36)41)32-20-22-40-30(24-32)26-43(28-45-40)34-13-5-2-6-14-34;1-31(2,25-15-13-23-19-32(21-34-29(23)17-25)27-9-5-3-6-10-27)26-16-14-24-20-33(22-35-30(24)18-26)28-11-7-4-8-12-28;1-2-7-13(8-3-1)15-10-12-6-4-5-9-14(12)16-11-15/h1-24H,25-28H2;3-18H,19-22H2,1-2H3;1-9H,10-11H2. The van der Waals surface area contributed by atoms with Crippen molar-refractivity contribution in [2.45, 2.75) is 57.4 Å². The van der Waals surface area contributed by atoms with E-state index in [0.29, 0.717) is 33.7 Å². The molecule has 0 radical (unpaired) electrons. The molecule has 10 nitrogen and oxygen atoms in total. The third-order valence-electron chi connectivity index (χ3n) is 19.8. The normalized spacial score (nSPS) is 15.2. The molecule has 0 saturated carbocycles. The average molecular weight is 1260 g/mol. The van der Waals surface area contributed by atoms with Gasteiger partial charge in [0.1, 0.15) is 28.7 Å². The van der Waals surface area contributed by atoms with Gasteiger partial charge in [0, 0.05) is 94.4 Å². The fourth-order valence-corrected chi connectivity index (χ4v) is 14.6. The van der Waals surface area contributed by atoms with Gasteiger partial charge in [0.05, 0.1) is 5.41 Å². The van der Waals surface area contributed by atoms with Crippen LogP contribution in [0.1, 0.15) is 75.0 Å². The largest absolute Gasteiger partial charge is 0.473 e. The summed E-state index contributed by atoms with van der Waals surface area (Å²) >= 11 is 0. The van der Waals surface area contributed by atoms with Crippen molar-refractivity contribution in [2.75, 3.05) is 58.2 Å². The van der Waals surface area contributed by atoms with Gasteiger partial charge in [0.25, 0.3) is 0 Å². The first-order valence-corrected chi connectivity index (χ1v) is 33.2. The molecule has 0 N–H and O–H groups in total. The van der Waals surface area contributed by atoms with E-state index in [9.17, 15) is 0 Å². The molecule has 0 bridgehead atoms. The van der Waals surface area contributed by atoms with Crippen molar-refractivity contribution in [1.29, 1.82) is 0 Å². The quantitative estimate of drug-likeness (QED) is 0.140. The number of nitrogens with zero attached hydrogens (tertiary/aromatic N) is 5. The molecule has 0 unspecified atom stereocenters. The Morgan fingerprint density at radius 3 is 0.927 bits per heavy atom. The van der Waals surface area contributed by atoms with Gasteiger partial charge in [-0.3, -0.25) is 0 Å². The molecule has 0 fully saturated rings. The molecule has 6 aliphatic rings. The van der Waals surface area contributed by atoms with E-state index in [-0.39, 0.29) is 5.41 Å². The number of hydrogen-bond acceptors (Lipinski definition) is 10. The fraction of sp³-hybridized carbons (Fsp3) is 0.163. The summed E-state index contributed by atoms with van der Waals surface area (Å²) in [5.41, 5.74) is 21.4. The van der Waals surface area contributed by atoms with Gasteiger partial charge in [0.2, 0.25) is 0 Å². The van der Waals surface area contributed by atoms with Crippen LogP contribution in [0.2, 0.25) is 0 Å². The van der Waals surface area contributed by atoms with Crippen LogP contribution in [0.25, 0.3) is 11.1 Å². The summed E-state index contributed by atoms with van der Waals surface area (Å²) in [6.45, 7) is 11.6. The summed E-state index contributed by atoms with van der Waals surface area (Å²) in [7, 11) is 0. The van der Waals surface area contributed by atoms with E-state index in [1.54, 1.807) is 0 Å². The highest BCUT2D eigenvalue weighted by Gasteiger charge is 2.47. The molecular weight excluding hydrogens is 1180 g/mol. The monoisotopic (exact) mass is 1260 g/mol. The van der Waals surface area contributed by atoms with Gasteiger partial charge < -0.3 is 48.2 Å². The number of rotatable bonds is 9. The molecule has 1 aliphatic carbocycles. The third kappa shape index (κ3) is 11.5. The topological polar surface area (TPSA) is 62.4 Å². The van der Waals surface area contributed by atoms with Crippen LogP contribution in [0.4, 0.5) is 28.4 Å². The van der Waals surface area contributed by atoms with Gasteiger partial charge in [-0.15, -0.1) is 0 Å². The highest BCUT2D eigenvalue weighted by atomic mass is 16.5. The van der Waals surface area contributed by atoms with Gasteiger partial charge in [-0.2, -0.15) is 0 Å². The Morgan fingerprint density at radius 2 is 0.552 bits per heavy atom. The summed E-state index contributed by atoms with van der Waals surface area (Å²) in [5.74, 6) is 4.89. The molecule has 0 amide bonds. The first kappa shape index (κ1) is 59.6. The van der Waals surface area contributed by atoms with Crippen LogP contribution in [0.15, 0.2) is 297 Å². The summed E-state index contributed by atoms with van der Waals surface area (Å²) in [6.07, 6.45) is 0. The Labute approximate surface area is 563 Å². The van der Waals surface area contributed by atoms with Crippen molar-refractivity contribution >= 4 is 28.4 Å². The second-order valence-corrected chi connectivity index (χ2v) is 25.9. The first-order chi connectivity index (χ1) is 47.3. The Morgan fingerprint density at radius 1 is 0.260 bits per heavy atom. The number of anilines is 5. The Hall–Kier alpha value is -11.4. The lowest BCUT2D eigenvalue weighted by molar-refractivity contribution is 0.288. The Kier molecular flexibility index (Phi) is 16.1. The Bertz CT molecular complexity index is 4470. The minimum atomic E-state index is -0.499. The molecule has 474 valence electrons. The van der Waals surface area contributed by atoms with Crippen molar-refractivity contribution in [3.8, 4) is 39.9 Å². The predicted octanol–water partition coefficient (Wildman–Crippen LogP) is 18.5. The number of fused-ring (bicyclic) bond motifs is 8. The Balaban J connectivity index is 0.000000125. The fourth-order valence-electron chi connectivity index (χ4n) is 14.6. The summed E-state index contributed by atoms with van der Waals surface area (Å²) in [6, 6.07) is 105. The molecule has 0 spiro atoms. The van der Waals surface area contributed by atoms with Crippen LogP contribution in [-0.4, -0.2) is 33.7 Å². The number of para-hydroxylation sites is 6. The zero-order valence-electron chi connectivity index (χ0n) is 54.1. The summed E-state index contributed by atoms with van der Waals surface area (Å²) < 4.78 is 30.8. The summed E-state index contributed by atoms with van der Waals surface area (Å²) in [5, 5.41) is 0. The zero-order valence-corrected chi connectivity index (χ0v) is 54.1. The highest BCUT2D eigenvalue weighted by Crippen LogP contribution is 2.57. The SMILES string of the molecule is CC(C)(c1ccc2c(c1)OCN(c1ccccc1)C2)c1ccc2c(c1)OCN(c1ccccc1)C2.c1ccc(N2COc3ccc(C4(c5ccc6c(c5)CN(c5ccccc5)CO6)c5ccccc5-c5ccccc54)cc3C2)cc1.c1ccc(N2COc3ccccc3C2)cc1. The van der Waals surface area contributed by atoms with Gasteiger partial charge in [0.15, 0.2) is 33.7 Å². The van der Waals surface area contributed by atoms with Crippen molar-refractivity contribution in [2.24, 2.45) is 0 Å². The maximum Gasteiger partial charge on any atom is 0.161 e. The van der Waals surface area contributed by atoms with E-state index < -0.39 is 5.41 Å². The zero-order chi connectivity index (χ0) is 64.4. The van der Waals surface area contributed by atoms with E-state index in [1.807, 2.05) is 30.3 Å². The van der Waals surface area contributed by atoms with E-state index >= 15 is 0 Å². The molecule has 96 heavy (non-hydrogen) atoms. The van der Waals surface area contributed by atoms with Gasteiger partial charge in [-0.1, -0.05) is 208 Å². The van der Waals surface area contributed by atoms with Crippen LogP contribution in [0.3, 0.4) is 0 Å². The minimum Gasteiger partial charge on any atom is -0.473 e. The number of hydrogen-bond donors (Lipinski definition) is 0. The van der Waals surface area contributed by atoms with Crippen molar-refractivity contribution in [3.05, 3.63) is 358 Å².